The number of nitrogens with zero attached hydrogens (tertiary/aromatic N) is 1. The van der Waals surface area contributed by atoms with Crippen molar-refractivity contribution in [2.45, 2.75) is 51.7 Å². The summed E-state index contributed by atoms with van der Waals surface area (Å²) in [6.45, 7) is 7.79. The van der Waals surface area contributed by atoms with Crippen LogP contribution in [0.5, 0.6) is 0 Å². The van der Waals surface area contributed by atoms with E-state index in [1.807, 2.05) is 11.8 Å². The summed E-state index contributed by atoms with van der Waals surface area (Å²) in [6, 6.07) is 8.30. The van der Waals surface area contributed by atoms with Crippen LogP contribution in [0.15, 0.2) is 24.3 Å². The molecule has 6 heteroatoms. The van der Waals surface area contributed by atoms with Crippen LogP contribution < -0.4 is 5.32 Å². The number of alkyl halides is 1. The van der Waals surface area contributed by atoms with Crippen molar-refractivity contribution < 1.29 is 14.3 Å². The molecule has 0 aromatic heterocycles. The molecule has 1 fully saturated rings. The Kier molecular flexibility index (Phi) is 7.91. The van der Waals surface area contributed by atoms with Crippen LogP contribution in [-0.4, -0.2) is 54.4 Å². The highest BCUT2D eigenvalue weighted by atomic mass is 35.5. The molecule has 0 bridgehead atoms. The number of halogens is 1. The molecule has 1 aromatic rings. The molecular formula is C20H29ClN2O3. The zero-order chi connectivity index (χ0) is 19.1. The molecule has 0 radical (unpaired) electrons. The highest BCUT2D eigenvalue weighted by Crippen LogP contribution is 2.16. The molecule has 2 unspecified atom stereocenters. The van der Waals surface area contributed by atoms with Crippen molar-refractivity contribution in [1.29, 1.82) is 0 Å². The molecule has 2 amide bonds. The van der Waals surface area contributed by atoms with Crippen molar-refractivity contribution >= 4 is 23.4 Å². The highest BCUT2D eigenvalue weighted by Gasteiger charge is 2.28. The van der Waals surface area contributed by atoms with Gasteiger partial charge in [0.05, 0.1) is 18.8 Å². The number of hydrogen-bond acceptors (Lipinski definition) is 3. The number of carbonyl (C=O) groups is 2. The van der Waals surface area contributed by atoms with Gasteiger partial charge >= 0.3 is 0 Å². The normalized spacial score (nSPS) is 18.7. The third-order valence-corrected chi connectivity index (χ3v) is 5.03. The van der Waals surface area contributed by atoms with E-state index in [-0.39, 0.29) is 29.8 Å². The van der Waals surface area contributed by atoms with Gasteiger partial charge in [-0.1, -0.05) is 38.1 Å². The summed E-state index contributed by atoms with van der Waals surface area (Å²) >= 11 is 5.52. The Morgan fingerprint density at radius 2 is 1.96 bits per heavy atom. The number of ether oxygens (including phenoxy) is 1. The summed E-state index contributed by atoms with van der Waals surface area (Å²) in [5.74, 6) is 0.338. The highest BCUT2D eigenvalue weighted by molar-refractivity contribution is 6.27. The molecule has 1 N–H and O–H groups in total. The van der Waals surface area contributed by atoms with Gasteiger partial charge < -0.3 is 15.0 Å². The summed E-state index contributed by atoms with van der Waals surface area (Å²) < 4.78 is 5.71. The van der Waals surface area contributed by atoms with Crippen molar-refractivity contribution in [3.63, 3.8) is 0 Å². The average Bonchev–Trinajstić information content (AvgIpc) is 2.66. The molecule has 1 saturated heterocycles. The van der Waals surface area contributed by atoms with Gasteiger partial charge in [-0.15, -0.1) is 11.6 Å². The fourth-order valence-corrected chi connectivity index (χ4v) is 3.15. The van der Waals surface area contributed by atoms with Crippen LogP contribution in [-0.2, 0) is 20.7 Å². The molecular weight excluding hydrogens is 352 g/mol. The second-order valence-electron chi connectivity index (χ2n) is 7.14. The monoisotopic (exact) mass is 380 g/mol. The number of aryl methyl sites for hydroxylation is 1. The average molecular weight is 381 g/mol. The van der Waals surface area contributed by atoms with Crippen molar-refractivity contribution in [1.82, 2.24) is 10.2 Å². The number of morpholine rings is 1. The molecule has 2 rings (SSSR count). The van der Waals surface area contributed by atoms with Gasteiger partial charge in [0.1, 0.15) is 5.88 Å². The zero-order valence-corrected chi connectivity index (χ0v) is 16.6. The fraction of sp³-hybridized carbons (Fsp3) is 0.600. The maximum atomic E-state index is 12.6. The minimum atomic E-state index is -0.226. The Balaban J connectivity index is 1.83. The third-order valence-electron chi connectivity index (χ3n) is 4.79. The maximum absolute atomic E-state index is 12.6. The van der Waals surface area contributed by atoms with Crippen LogP contribution in [0.3, 0.4) is 0 Å². The molecule has 144 valence electrons. The van der Waals surface area contributed by atoms with E-state index in [4.69, 9.17) is 16.3 Å². The molecule has 1 aromatic carbocycles. The molecule has 1 aliphatic rings. The second kappa shape index (κ2) is 9.93. The first-order chi connectivity index (χ1) is 12.4. The largest absolute Gasteiger partial charge is 0.372 e. The summed E-state index contributed by atoms with van der Waals surface area (Å²) in [5, 5.41) is 2.80. The smallest absolute Gasteiger partial charge is 0.235 e. The first-order valence-corrected chi connectivity index (χ1v) is 9.77. The summed E-state index contributed by atoms with van der Waals surface area (Å²) in [5.41, 5.74) is 2.49. The molecule has 0 aliphatic carbocycles. The van der Waals surface area contributed by atoms with Crippen molar-refractivity contribution in [2.24, 2.45) is 0 Å². The van der Waals surface area contributed by atoms with Gasteiger partial charge in [-0.25, -0.2) is 0 Å². The number of rotatable bonds is 7. The first kappa shape index (κ1) is 20.7. The fourth-order valence-electron chi connectivity index (χ4n) is 3.07. The minimum absolute atomic E-state index is 0.0741. The summed E-state index contributed by atoms with van der Waals surface area (Å²) in [4.78, 5) is 25.8. The van der Waals surface area contributed by atoms with E-state index in [2.05, 4.69) is 43.4 Å². The van der Waals surface area contributed by atoms with Gasteiger partial charge in [-0.05, 0) is 30.4 Å². The Labute approximate surface area is 161 Å². The van der Waals surface area contributed by atoms with Crippen molar-refractivity contribution in [3.8, 4) is 0 Å². The molecule has 2 atom stereocenters. The molecule has 26 heavy (non-hydrogen) atoms. The Bertz CT molecular complexity index is 604. The Hall–Kier alpha value is -1.59. The Morgan fingerprint density at radius 3 is 2.58 bits per heavy atom. The SMILES string of the molecule is CC(C)c1ccc(CCC(=O)N2CCOC(C(C)NC(=O)CCl)C2)cc1. The predicted octanol–water partition coefficient (Wildman–Crippen LogP) is 2.71. The lowest BCUT2D eigenvalue weighted by molar-refractivity contribution is -0.140. The van der Waals surface area contributed by atoms with Crippen molar-refractivity contribution in [3.05, 3.63) is 35.4 Å². The lowest BCUT2D eigenvalue weighted by Crippen LogP contribution is -2.53. The van der Waals surface area contributed by atoms with Crippen LogP contribution in [0, 0.1) is 0 Å². The van der Waals surface area contributed by atoms with Crippen LogP contribution in [0.25, 0.3) is 0 Å². The van der Waals surface area contributed by atoms with Crippen molar-refractivity contribution in [2.75, 3.05) is 25.6 Å². The van der Waals surface area contributed by atoms with Crippen LogP contribution >= 0.6 is 11.6 Å². The summed E-state index contributed by atoms with van der Waals surface area (Å²) in [7, 11) is 0. The predicted molar refractivity (Wildman–Crippen MR) is 103 cm³/mol. The molecule has 0 spiro atoms. The second-order valence-corrected chi connectivity index (χ2v) is 7.40. The first-order valence-electron chi connectivity index (χ1n) is 9.24. The number of amides is 2. The van der Waals surface area contributed by atoms with E-state index in [1.54, 1.807) is 0 Å². The lowest BCUT2D eigenvalue weighted by Gasteiger charge is -2.36. The number of nitrogens with one attached hydrogen (secondary N) is 1. The van der Waals surface area contributed by atoms with Gasteiger partial charge in [0.25, 0.3) is 0 Å². The van der Waals surface area contributed by atoms with Crippen LogP contribution in [0.2, 0.25) is 0 Å². The Morgan fingerprint density at radius 1 is 1.27 bits per heavy atom. The molecule has 1 aliphatic heterocycles. The van der Waals surface area contributed by atoms with E-state index in [0.29, 0.717) is 32.0 Å². The minimum Gasteiger partial charge on any atom is -0.372 e. The van der Waals surface area contributed by atoms with Gasteiger partial charge in [0.2, 0.25) is 11.8 Å². The summed E-state index contributed by atoms with van der Waals surface area (Å²) in [6.07, 6.45) is 1.01. The van der Waals surface area contributed by atoms with Crippen LogP contribution in [0.1, 0.15) is 44.2 Å². The van der Waals surface area contributed by atoms with Gasteiger partial charge in [0, 0.05) is 19.5 Å². The molecule has 0 saturated carbocycles. The number of carbonyl (C=O) groups excluding carboxylic acids is 2. The van der Waals surface area contributed by atoms with Gasteiger partial charge in [-0.3, -0.25) is 9.59 Å². The molecule has 5 nitrogen and oxygen atoms in total. The van der Waals surface area contributed by atoms with E-state index < -0.39 is 0 Å². The third kappa shape index (κ3) is 5.99. The van der Waals surface area contributed by atoms with Crippen LogP contribution in [0.4, 0.5) is 0 Å². The van der Waals surface area contributed by atoms with E-state index in [1.165, 1.54) is 11.1 Å². The van der Waals surface area contributed by atoms with E-state index >= 15 is 0 Å². The zero-order valence-electron chi connectivity index (χ0n) is 15.8. The maximum Gasteiger partial charge on any atom is 0.235 e. The lowest BCUT2D eigenvalue weighted by atomic mass is 10.00. The number of hydrogen-bond donors (Lipinski definition) is 1. The van der Waals surface area contributed by atoms with Gasteiger partial charge in [-0.2, -0.15) is 0 Å². The standard InChI is InChI=1S/C20H29ClN2O3/c1-14(2)17-7-4-16(5-8-17)6-9-20(25)23-10-11-26-18(13-23)15(3)22-19(24)12-21/h4-5,7-8,14-15,18H,6,9-13H2,1-3H3,(H,22,24). The topological polar surface area (TPSA) is 58.6 Å². The van der Waals surface area contributed by atoms with Gasteiger partial charge in [0.15, 0.2) is 0 Å². The quantitative estimate of drug-likeness (QED) is 0.740. The van der Waals surface area contributed by atoms with E-state index in [9.17, 15) is 9.59 Å². The number of benzene rings is 1. The molecule has 1 heterocycles. The van der Waals surface area contributed by atoms with E-state index in [0.717, 1.165) is 6.42 Å².